The lowest BCUT2D eigenvalue weighted by molar-refractivity contribution is 0.122. The fourth-order valence-electron chi connectivity index (χ4n) is 2.55. The summed E-state index contributed by atoms with van der Waals surface area (Å²) in [5.41, 5.74) is 8.35. The van der Waals surface area contributed by atoms with Crippen molar-refractivity contribution in [2.75, 3.05) is 36.9 Å². The fraction of sp³-hybridized carbons (Fsp3) is 0.375. The molecular weight excluding hydrogens is 300 g/mol. The van der Waals surface area contributed by atoms with Crippen LogP contribution in [0.25, 0.3) is 11.4 Å². The van der Waals surface area contributed by atoms with Crippen LogP contribution >= 0.6 is 11.6 Å². The van der Waals surface area contributed by atoms with Gasteiger partial charge in [0.2, 0.25) is 0 Å². The molecule has 3 rings (SSSR count). The number of nitrogen functional groups attached to an aromatic ring is 1. The zero-order valence-electron chi connectivity index (χ0n) is 12.6. The van der Waals surface area contributed by atoms with Crippen molar-refractivity contribution in [1.29, 1.82) is 0 Å². The third kappa shape index (κ3) is 3.00. The second-order valence-corrected chi connectivity index (χ2v) is 5.57. The van der Waals surface area contributed by atoms with Crippen molar-refractivity contribution in [2.45, 2.75) is 13.3 Å². The smallest absolute Gasteiger partial charge is 0.163 e. The average molecular weight is 319 g/mol. The molecule has 1 saturated heterocycles. The summed E-state index contributed by atoms with van der Waals surface area (Å²) < 4.78 is 5.42. The second-order valence-electron chi connectivity index (χ2n) is 5.22. The Morgan fingerprint density at radius 1 is 1.18 bits per heavy atom. The molecule has 2 N–H and O–H groups in total. The van der Waals surface area contributed by atoms with Gasteiger partial charge in [-0.05, 0) is 30.7 Å². The van der Waals surface area contributed by atoms with Crippen LogP contribution in [0.3, 0.4) is 0 Å². The van der Waals surface area contributed by atoms with Crippen LogP contribution in [0.1, 0.15) is 12.5 Å². The van der Waals surface area contributed by atoms with Gasteiger partial charge in [-0.2, -0.15) is 0 Å². The molecular formula is C16H19ClN4O. The average Bonchev–Trinajstić information content (AvgIpc) is 2.55. The molecule has 1 aromatic carbocycles. The number of morpholine rings is 1. The van der Waals surface area contributed by atoms with Crippen molar-refractivity contribution in [2.24, 2.45) is 0 Å². The maximum Gasteiger partial charge on any atom is 0.163 e. The van der Waals surface area contributed by atoms with Crippen molar-refractivity contribution in [3.05, 3.63) is 35.0 Å². The SMILES string of the molecule is CCc1c(Cl)nc(-c2ccc(N)cc2)nc1N1CCOCC1. The lowest BCUT2D eigenvalue weighted by Gasteiger charge is -2.29. The minimum absolute atomic E-state index is 0.519. The van der Waals surface area contributed by atoms with Crippen LogP contribution < -0.4 is 10.6 Å². The van der Waals surface area contributed by atoms with E-state index in [1.54, 1.807) is 0 Å². The third-order valence-electron chi connectivity index (χ3n) is 3.77. The molecule has 0 spiro atoms. The summed E-state index contributed by atoms with van der Waals surface area (Å²) in [6.07, 6.45) is 0.799. The van der Waals surface area contributed by atoms with Gasteiger partial charge in [0.25, 0.3) is 0 Å². The van der Waals surface area contributed by atoms with E-state index in [0.717, 1.165) is 36.5 Å². The summed E-state index contributed by atoms with van der Waals surface area (Å²) in [4.78, 5) is 11.4. The number of benzene rings is 1. The van der Waals surface area contributed by atoms with Crippen LogP contribution in [0.4, 0.5) is 11.5 Å². The second kappa shape index (κ2) is 6.50. The zero-order valence-corrected chi connectivity index (χ0v) is 13.3. The number of rotatable bonds is 3. The van der Waals surface area contributed by atoms with Gasteiger partial charge in [0.05, 0.1) is 13.2 Å². The van der Waals surface area contributed by atoms with E-state index >= 15 is 0 Å². The van der Waals surface area contributed by atoms with Gasteiger partial charge in [-0.1, -0.05) is 18.5 Å². The van der Waals surface area contributed by atoms with Gasteiger partial charge < -0.3 is 15.4 Å². The molecule has 0 bridgehead atoms. The van der Waals surface area contributed by atoms with E-state index in [-0.39, 0.29) is 0 Å². The Balaban J connectivity index is 2.05. The molecule has 0 unspecified atom stereocenters. The Hall–Kier alpha value is -1.85. The van der Waals surface area contributed by atoms with E-state index in [0.29, 0.717) is 29.9 Å². The number of hydrogen-bond donors (Lipinski definition) is 1. The molecule has 2 heterocycles. The predicted octanol–water partition coefficient (Wildman–Crippen LogP) is 2.78. The highest BCUT2D eigenvalue weighted by Gasteiger charge is 2.20. The largest absolute Gasteiger partial charge is 0.399 e. The first kappa shape index (κ1) is 15.1. The minimum atomic E-state index is 0.519. The maximum atomic E-state index is 6.40. The van der Waals surface area contributed by atoms with E-state index in [4.69, 9.17) is 27.1 Å². The summed E-state index contributed by atoms with van der Waals surface area (Å²) in [5, 5.41) is 0.519. The van der Waals surface area contributed by atoms with Gasteiger partial charge in [-0.25, -0.2) is 9.97 Å². The Bertz CT molecular complexity index is 654. The monoisotopic (exact) mass is 318 g/mol. The fourth-order valence-corrected chi connectivity index (χ4v) is 2.85. The summed E-state index contributed by atoms with van der Waals surface area (Å²) >= 11 is 6.40. The van der Waals surface area contributed by atoms with Crippen molar-refractivity contribution in [3.8, 4) is 11.4 Å². The number of anilines is 2. The normalized spacial score (nSPS) is 15.1. The van der Waals surface area contributed by atoms with Crippen molar-refractivity contribution >= 4 is 23.1 Å². The van der Waals surface area contributed by atoms with Gasteiger partial charge in [-0.15, -0.1) is 0 Å². The predicted molar refractivity (Wildman–Crippen MR) is 89.3 cm³/mol. The molecule has 2 aromatic rings. The quantitative estimate of drug-likeness (QED) is 0.696. The summed E-state index contributed by atoms with van der Waals surface area (Å²) in [6.45, 7) is 5.13. The number of nitrogens with two attached hydrogens (primary N) is 1. The van der Waals surface area contributed by atoms with Crippen LogP contribution in [0.2, 0.25) is 5.15 Å². The maximum absolute atomic E-state index is 6.40. The standard InChI is InChI=1S/C16H19ClN4O/c1-2-13-14(17)19-15(11-3-5-12(18)6-4-11)20-16(13)21-7-9-22-10-8-21/h3-6H,2,7-10,18H2,1H3. The molecule has 1 fully saturated rings. The van der Waals surface area contributed by atoms with Crippen LogP contribution in [0.15, 0.2) is 24.3 Å². The highest BCUT2D eigenvalue weighted by molar-refractivity contribution is 6.30. The Labute approximate surface area is 135 Å². The summed E-state index contributed by atoms with van der Waals surface area (Å²) in [6, 6.07) is 7.51. The van der Waals surface area contributed by atoms with Crippen LogP contribution in [0.5, 0.6) is 0 Å². The lowest BCUT2D eigenvalue weighted by Crippen LogP contribution is -2.37. The molecule has 116 valence electrons. The number of halogens is 1. The van der Waals surface area contributed by atoms with Crippen LogP contribution in [-0.2, 0) is 11.2 Å². The Morgan fingerprint density at radius 2 is 1.86 bits per heavy atom. The first-order chi connectivity index (χ1) is 10.7. The Morgan fingerprint density at radius 3 is 2.50 bits per heavy atom. The van der Waals surface area contributed by atoms with Crippen LogP contribution in [-0.4, -0.2) is 36.3 Å². The van der Waals surface area contributed by atoms with E-state index in [1.165, 1.54) is 0 Å². The van der Waals surface area contributed by atoms with Crippen LogP contribution in [0, 0.1) is 0 Å². The number of hydrogen-bond acceptors (Lipinski definition) is 5. The van der Waals surface area contributed by atoms with Gasteiger partial charge >= 0.3 is 0 Å². The minimum Gasteiger partial charge on any atom is -0.399 e. The molecule has 0 radical (unpaired) electrons. The van der Waals surface area contributed by atoms with E-state index < -0.39 is 0 Å². The molecule has 0 aliphatic carbocycles. The molecule has 0 saturated carbocycles. The first-order valence-corrected chi connectivity index (χ1v) is 7.82. The number of ether oxygens (including phenoxy) is 1. The molecule has 22 heavy (non-hydrogen) atoms. The van der Waals surface area contributed by atoms with E-state index in [9.17, 15) is 0 Å². The van der Waals surface area contributed by atoms with Crippen molar-refractivity contribution in [3.63, 3.8) is 0 Å². The zero-order chi connectivity index (χ0) is 15.5. The first-order valence-electron chi connectivity index (χ1n) is 7.44. The third-order valence-corrected chi connectivity index (χ3v) is 4.08. The molecule has 5 nitrogen and oxygen atoms in total. The van der Waals surface area contributed by atoms with Crippen molar-refractivity contribution in [1.82, 2.24) is 9.97 Å². The summed E-state index contributed by atoms with van der Waals surface area (Å²) in [5.74, 6) is 1.54. The molecule has 0 atom stereocenters. The van der Waals surface area contributed by atoms with Gasteiger partial charge in [0.15, 0.2) is 5.82 Å². The van der Waals surface area contributed by atoms with Gasteiger partial charge in [-0.3, -0.25) is 0 Å². The Kier molecular flexibility index (Phi) is 4.45. The molecule has 1 aliphatic heterocycles. The van der Waals surface area contributed by atoms with Gasteiger partial charge in [0, 0.05) is 29.9 Å². The van der Waals surface area contributed by atoms with Crippen molar-refractivity contribution < 1.29 is 4.74 Å². The molecule has 1 aromatic heterocycles. The highest BCUT2D eigenvalue weighted by Crippen LogP contribution is 2.29. The van der Waals surface area contributed by atoms with E-state index in [2.05, 4.69) is 16.8 Å². The number of nitrogens with zero attached hydrogens (tertiary/aromatic N) is 3. The summed E-state index contributed by atoms with van der Waals surface area (Å²) in [7, 11) is 0. The lowest BCUT2D eigenvalue weighted by atomic mass is 10.1. The van der Waals surface area contributed by atoms with Gasteiger partial charge in [0.1, 0.15) is 11.0 Å². The highest BCUT2D eigenvalue weighted by atomic mass is 35.5. The molecule has 6 heteroatoms. The molecule has 1 aliphatic rings. The van der Waals surface area contributed by atoms with E-state index in [1.807, 2.05) is 24.3 Å². The number of aromatic nitrogens is 2. The topological polar surface area (TPSA) is 64.3 Å². The molecule has 0 amide bonds.